The molecule has 11 heteroatoms. The Hall–Kier alpha value is -6.59. The van der Waals surface area contributed by atoms with E-state index in [9.17, 15) is 24.0 Å². The zero-order valence-corrected chi connectivity index (χ0v) is 28.4. The highest BCUT2D eigenvalue weighted by atomic mass is 16.7. The number of carbonyl (C=O) groups excluding carboxylic acids is 5. The number of rotatable bonds is 11. The van der Waals surface area contributed by atoms with Gasteiger partial charge in [-0.2, -0.15) is 0 Å². The van der Waals surface area contributed by atoms with Gasteiger partial charge in [-0.15, -0.1) is 0 Å². The summed E-state index contributed by atoms with van der Waals surface area (Å²) in [5.41, 5.74) is 0.752. The van der Waals surface area contributed by atoms with Crippen molar-refractivity contribution in [3.63, 3.8) is 0 Å². The van der Waals surface area contributed by atoms with E-state index in [1.165, 1.54) is 55.5 Å². The van der Waals surface area contributed by atoms with Gasteiger partial charge in [0, 0.05) is 0 Å². The molecule has 1 unspecified atom stereocenters. The molecule has 268 valence electrons. The van der Waals surface area contributed by atoms with E-state index >= 15 is 0 Å². The highest BCUT2D eigenvalue weighted by molar-refractivity contribution is 5.92. The quantitative estimate of drug-likeness (QED) is 0.110. The molecule has 0 spiro atoms. The zero-order valence-electron chi connectivity index (χ0n) is 28.4. The Bertz CT molecular complexity index is 2010. The van der Waals surface area contributed by atoms with Gasteiger partial charge in [0.15, 0.2) is 12.2 Å². The average molecular weight is 715 g/mol. The molecule has 0 N–H and O–H groups in total. The van der Waals surface area contributed by atoms with E-state index in [-0.39, 0.29) is 27.8 Å². The summed E-state index contributed by atoms with van der Waals surface area (Å²) in [7, 11) is 0. The molecule has 5 aromatic carbocycles. The Labute approximate surface area is 305 Å². The molecular weight excluding hydrogens is 680 g/mol. The molecule has 6 rings (SSSR count). The fraction of sp³-hybridized carbons (Fsp3) is 0.167. The molecule has 0 saturated carbocycles. The molecule has 1 saturated heterocycles. The third kappa shape index (κ3) is 9.02. The van der Waals surface area contributed by atoms with E-state index in [1.807, 2.05) is 0 Å². The lowest BCUT2D eigenvalue weighted by Crippen LogP contribution is -2.64. The second-order valence-corrected chi connectivity index (χ2v) is 11.9. The normalized spacial score (nSPS) is 19.8. The first kappa shape index (κ1) is 36.2. The first-order valence-corrected chi connectivity index (χ1v) is 16.7. The van der Waals surface area contributed by atoms with Crippen molar-refractivity contribution in [2.24, 2.45) is 0 Å². The Kier molecular flexibility index (Phi) is 11.7. The van der Waals surface area contributed by atoms with Gasteiger partial charge < -0.3 is 28.4 Å². The summed E-state index contributed by atoms with van der Waals surface area (Å²) >= 11 is 0. The fourth-order valence-electron chi connectivity index (χ4n) is 5.63. The van der Waals surface area contributed by atoms with Crippen molar-refractivity contribution in [1.82, 2.24) is 0 Å². The number of hydrogen-bond acceptors (Lipinski definition) is 11. The predicted molar refractivity (Wildman–Crippen MR) is 189 cm³/mol. The van der Waals surface area contributed by atoms with Gasteiger partial charge in [-0.25, -0.2) is 24.0 Å². The lowest BCUT2D eigenvalue weighted by molar-refractivity contribution is -0.291. The van der Waals surface area contributed by atoms with Crippen molar-refractivity contribution in [3.05, 3.63) is 179 Å². The van der Waals surface area contributed by atoms with Crippen molar-refractivity contribution in [1.29, 1.82) is 0 Å². The molecule has 6 atom stereocenters. The van der Waals surface area contributed by atoms with Crippen LogP contribution in [-0.4, -0.2) is 66.7 Å². The minimum Gasteiger partial charge on any atom is -0.456 e. The molecule has 0 bridgehead atoms. The fourth-order valence-corrected chi connectivity index (χ4v) is 5.63. The van der Waals surface area contributed by atoms with Crippen LogP contribution in [0.3, 0.4) is 0 Å². The SMILES string of the molecule is C[C@H](OC(=O)c1ccccc1)[C@H]1OC(OC(=O)c2ccccc2)[C@H](OC(=O)c2ccccc2)[C@@H](OC(=O)c2ccccc2)[C@@H]1OC(=O)c1ccccc1. The molecule has 1 fully saturated rings. The number of benzene rings is 5. The van der Waals surface area contributed by atoms with Gasteiger partial charge in [0.25, 0.3) is 0 Å². The standard InChI is InChI=1S/C42H34O11/c1-27(48-37(43)28-17-7-2-8-18-28)33-34(49-38(44)29-19-9-3-10-20-29)35(50-39(45)30-21-11-4-12-22-30)36(51-40(46)31-23-13-5-14-24-31)42(52-33)53-41(47)32-25-15-6-16-26-32/h2-27,33-36,42H,1H3/t27-,33+,34+,35-,36+,42?/m0/s1. The number of ether oxygens (including phenoxy) is 6. The summed E-state index contributed by atoms with van der Waals surface area (Å²) in [6, 6.07) is 40.1. The minimum atomic E-state index is -1.77. The molecule has 0 aliphatic carbocycles. The number of hydrogen-bond donors (Lipinski definition) is 0. The molecule has 11 nitrogen and oxygen atoms in total. The third-order valence-corrected chi connectivity index (χ3v) is 8.29. The second-order valence-electron chi connectivity index (χ2n) is 11.9. The van der Waals surface area contributed by atoms with E-state index in [4.69, 9.17) is 28.4 Å². The van der Waals surface area contributed by atoms with Gasteiger partial charge in [0.2, 0.25) is 12.4 Å². The number of carbonyl (C=O) groups is 5. The van der Waals surface area contributed by atoms with E-state index in [1.54, 1.807) is 103 Å². The molecular formula is C42H34O11. The van der Waals surface area contributed by atoms with Crippen LogP contribution in [0.5, 0.6) is 0 Å². The maximum Gasteiger partial charge on any atom is 0.340 e. The van der Waals surface area contributed by atoms with Crippen molar-refractivity contribution < 1.29 is 52.4 Å². The monoisotopic (exact) mass is 714 g/mol. The van der Waals surface area contributed by atoms with Crippen LogP contribution in [0.15, 0.2) is 152 Å². The maximum absolute atomic E-state index is 13.8. The highest BCUT2D eigenvalue weighted by Gasteiger charge is 2.56. The smallest absolute Gasteiger partial charge is 0.340 e. The van der Waals surface area contributed by atoms with E-state index in [0.717, 1.165) is 0 Å². The molecule has 1 aliphatic rings. The lowest BCUT2D eigenvalue weighted by atomic mass is 9.94. The molecule has 53 heavy (non-hydrogen) atoms. The van der Waals surface area contributed by atoms with Crippen LogP contribution >= 0.6 is 0 Å². The Balaban J connectivity index is 1.44. The Morgan fingerprint density at radius 1 is 0.415 bits per heavy atom. The van der Waals surface area contributed by atoms with E-state index in [2.05, 4.69) is 0 Å². The molecule has 1 aliphatic heterocycles. The van der Waals surface area contributed by atoms with Gasteiger partial charge in [-0.3, -0.25) is 0 Å². The van der Waals surface area contributed by atoms with Crippen LogP contribution in [0.4, 0.5) is 0 Å². The van der Waals surface area contributed by atoms with Gasteiger partial charge in [0.05, 0.1) is 27.8 Å². The lowest BCUT2D eigenvalue weighted by Gasteiger charge is -2.45. The van der Waals surface area contributed by atoms with Gasteiger partial charge in [-0.1, -0.05) is 91.0 Å². The van der Waals surface area contributed by atoms with Crippen LogP contribution in [0.2, 0.25) is 0 Å². The second kappa shape index (κ2) is 17.1. The van der Waals surface area contributed by atoms with Crippen molar-refractivity contribution >= 4 is 29.8 Å². The minimum absolute atomic E-state index is 0.123. The summed E-state index contributed by atoms with van der Waals surface area (Å²) in [6.07, 6.45) is -9.40. The first-order valence-electron chi connectivity index (χ1n) is 16.7. The molecule has 5 aromatic rings. The van der Waals surface area contributed by atoms with E-state index < -0.39 is 66.7 Å². The van der Waals surface area contributed by atoms with E-state index in [0.29, 0.717) is 0 Å². The molecule has 0 aromatic heterocycles. The molecule has 1 heterocycles. The van der Waals surface area contributed by atoms with Crippen molar-refractivity contribution in [3.8, 4) is 0 Å². The van der Waals surface area contributed by atoms with Crippen molar-refractivity contribution in [2.75, 3.05) is 0 Å². The number of esters is 5. The topological polar surface area (TPSA) is 141 Å². The largest absolute Gasteiger partial charge is 0.456 e. The van der Waals surface area contributed by atoms with Crippen LogP contribution < -0.4 is 0 Å². The molecule has 0 amide bonds. The van der Waals surface area contributed by atoms with Crippen molar-refractivity contribution in [2.45, 2.75) is 43.7 Å². The summed E-state index contributed by atoms with van der Waals surface area (Å²) < 4.78 is 36.0. The van der Waals surface area contributed by atoms with Crippen LogP contribution in [0.25, 0.3) is 0 Å². The predicted octanol–water partition coefficient (Wildman–Crippen LogP) is 6.49. The Morgan fingerprint density at radius 2 is 0.717 bits per heavy atom. The summed E-state index contributed by atoms with van der Waals surface area (Å²) in [5.74, 6) is -4.20. The molecule has 0 radical (unpaired) electrons. The zero-order chi connectivity index (χ0) is 37.2. The van der Waals surface area contributed by atoms with Crippen LogP contribution in [-0.2, 0) is 28.4 Å². The summed E-state index contributed by atoms with van der Waals surface area (Å²) in [6.45, 7) is 1.48. The third-order valence-electron chi connectivity index (χ3n) is 8.29. The Morgan fingerprint density at radius 3 is 1.09 bits per heavy atom. The summed E-state index contributed by atoms with van der Waals surface area (Å²) in [4.78, 5) is 67.9. The highest BCUT2D eigenvalue weighted by Crippen LogP contribution is 2.34. The van der Waals surface area contributed by atoms with Crippen LogP contribution in [0, 0.1) is 0 Å². The first-order chi connectivity index (χ1) is 25.8. The van der Waals surface area contributed by atoms with Crippen LogP contribution in [0.1, 0.15) is 58.7 Å². The van der Waals surface area contributed by atoms with Gasteiger partial charge >= 0.3 is 29.8 Å². The van der Waals surface area contributed by atoms with Gasteiger partial charge in [0.1, 0.15) is 12.2 Å². The average Bonchev–Trinajstić information content (AvgIpc) is 3.21. The summed E-state index contributed by atoms with van der Waals surface area (Å²) in [5, 5.41) is 0. The maximum atomic E-state index is 13.8. The van der Waals surface area contributed by atoms with Gasteiger partial charge in [-0.05, 0) is 67.6 Å².